The summed E-state index contributed by atoms with van der Waals surface area (Å²) in [6.07, 6.45) is 7.30. The van der Waals surface area contributed by atoms with Gasteiger partial charge in [0.05, 0.1) is 7.11 Å². The predicted octanol–water partition coefficient (Wildman–Crippen LogP) is 1.91. The van der Waals surface area contributed by atoms with Crippen LogP contribution in [-0.2, 0) is 4.79 Å². The van der Waals surface area contributed by atoms with E-state index < -0.39 is 0 Å². The van der Waals surface area contributed by atoms with Crippen molar-refractivity contribution < 1.29 is 9.53 Å². The molecule has 2 heteroatoms. The van der Waals surface area contributed by atoms with Crippen LogP contribution in [0.25, 0.3) is 5.57 Å². The fourth-order valence-corrected chi connectivity index (χ4v) is 1.07. The first-order valence-electron chi connectivity index (χ1n) is 4.08. The number of carbonyl (C=O) groups excluding carboxylic acids is 1. The zero-order chi connectivity index (χ0) is 10.4. The Kier molecular flexibility index (Phi) is 3.51. The van der Waals surface area contributed by atoms with Gasteiger partial charge in [0.1, 0.15) is 12.0 Å². The van der Waals surface area contributed by atoms with Crippen LogP contribution in [0.1, 0.15) is 5.56 Å². The first-order chi connectivity index (χ1) is 6.81. The Labute approximate surface area is 83.2 Å². The number of ether oxygens (including phenoxy) is 1. The van der Waals surface area contributed by atoms with Crippen LogP contribution >= 0.6 is 0 Å². The van der Waals surface area contributed by atoms with E-state index >= 15 is 0 Å². The summed E-state index contributed by atoms with van der Waals surface area (Å²) >= 11 is 0. The zero-order valence-electron chi connectivity index (χ0n) is 7.86. The molecule has 2 nitrogen and oxygen atoms in total. The monoisotopic (exact) mass is 186 g/mol. The van der Waals surface area contributed by atoms with Crippen LogP contribution in [0.3, 0.4) is 0 Å². The van der Waals surface area contributed by atoms with Gasteiger partial charge in [0.25, 0.3) is 0 Å². The number of carbonyl (C=O) groups is 1. The van der Waals surface area contributed by atoms with Crippen molar-refractivity contribution in [3.8, 4) is 18.1 Å². The van der Waals surface area contributed by atoms with Crippen LogP contribution in [0.15, 0.2) is 30.3 Å². The van der Waals surface area contributed by atoms with Gasteiger partial charge in [0.15, 0.2) is 0 Å². The molecule has 1 rings (SSSR count). The highest BCUT2D eigenvalue weighted by Gasteiger charge is 1.97. The summed E-state index contributed by atoms with van der Waals surface area (Å²) in [5.74, 6) is 3.21. The molecule has 0 aliphatic rings. The van der Waals surface area contributed by atoms with Gasteiger partial charge in [0, 0.05) is 5.57 Å². The molecule has 0 aliphatic carbocycles. The maximum absolute atomic E-state index is 10.3. The van der Waals surface area contributed by atoms with Gasteiger partial charge in [-0.1, -0.05) is 18.1 Å². The van der Waals surface area contributed by atoms with E-state index in [2.05, 4.69) is 5.92 Å². The van der Waals surface area contributed by atoms with Gasteiger partial charge in [-0.05, 0) is 23.8 Å². The van der Waals surface area contributed by atoms with Gasteiger partial charge in [-0.15, -0.1) is 6.42 Å². The molecule has 0 aliphatic heterocycles. The van der Waals surface area contributed by atoms with E-state index in [1.807, 2.05) is 12.1 Å². The Balaban J connectivity index is 3.02. The summed E-state index contributed by atoms with van der Waals surface area (Å²) in [6, 6.07) is 7.22. The minimum Gasteiger partial charge on any atom is -0.497 e. The SMILES string of the molecule is C#C/C(=C/C=O)c1ccc(OC)cc1. The van der Waals surface area contributed by atoms with E-state index in [1.54, 1.807) is 19.2 Å². The van der Waals surface area contributed by atoms with Crippen LogP contribution in [0.5, 0.6) is 5.75 Å². The third-order valence-corrected chi connectivity index (χ3v) is 1.79. The van der Waals surface area contributed by atoms with Crippen LogP contribution in [0, 0.1) is 12.3 Å². The Morgan fingerprint density at radius 2 is 2.07 bits per heavy atom. The van der Waals surface area contributed by atoms with Gasteiger partial charge >= 0.3 is 0 Å². The molecule has 0 N–H and O–H groups in total. The van der Waals surface area contributed by atoms with Crippen molar-refractivity contribution in [1.29, 1.82) is 0 Å². The number of hydrogen-bond donors (Lipinski definition) is 0. The van der Waals surface area contributed by atoms with E-state index in [9.17, 15) is 4.79 Å². The lowest BCUT2D eigenvalue weighted by Crippen LogP contribution is -1.85. The summed E-state index contributed by atoms with van der Waals surface area (Å²) in [5.41, 5.74) is 1.41. The van der Waals surface area contributed by atoms with E-state index in [1.165, 1.54) is 6.08 Å². The summed E-state index contributed by atoms with van der Waals surface area (Å²) in [5, 5.41) is 0. The molecule has 1 aromatic rings. The quantitative estimate of drug-likeness (QED) is 0.409. The fourth-order valence-electron chi connectivity index (χ4n) is 1.07. The number of aldehydes is 1. The van der Waals surface area contributed by atoms with Crippen molar-refractivity contribution in [1.82, 2.24) is 0 Å². The van der Waals surface area contributed by atoms with Crippen LogP contribution in [0.4, 0.5) is 0 Å². The summed E-state index contributed by atoms with van der Waals surface area (Å²) in [6.45, 7) is 0. The minimum atomic E-state index is 0.572. The number of allylic oxidation sites excluding steroid dienone is 2. The Morgan fingerprint density at radius 1 is 1.43 bits per heavy atom. The number of benzene rings is 1. The van der Waals surface area contributed by atoms with E-state index in [0.29, 0.717) is 11.9 Å². The molecule has 70 valence electrons. The van der Waals surface area contributed by atoms with Gasteiger partial charge in [-0.2, -0.15) is 0 Å². The van der Waals surface area contributed by atoms with Gasteiger partial charge < -0.3 is 4.74 Å². The number of hydrogen-bond acceptors (Lipinski definition) is 2. The molecule has 0 heterocycles. The molecule has 0 saturated heterocycles. The maximum atomic E-state index is 10.3. The molecule has 0 atom stereocenters. The van der Waals surface area contributed by atoms with E-state index in [-0.39, 0.29) is 0 Å². The van der Waals surface area contributed by atoms with Crippen molar-refractivity contribution in [2.45, 2.75) is 0 Å². The predicted molar refractivity (Wildman–Crippen MR) is 55.9 cm³/mol. The Hall–Kier alpha value is -2.01. The van der Waals surface area contributed by atoms with Crippen molar-refractivity contribution in [2.75, 3.05) is 7.11 Å². The summed E-state index contributed by atoms with van der Waals surface area (Å²) in [7, 11) is 1.60. The van der Waals surface area contributed by atoms with Crippen molar-refractivity contribution >= 4 is 11.9 Å². The molecule has 0 unspecified atom stereocenters. The molecular weight excluding hydrogens is 176 g/mol. The molecule has 0 fully saturated rings. The lowest BCUT2D eigenvalue weighted by atomic mass is 10.1. The molecule has 0 bridgehead atoms. The average Bonchev–Trinajstić information content (AvgIpc) is 2.26. The number of methoxy groups -OCH3 is 1. The van der Waals surface area contributed by atoms with Crippen LogP contribution in [-0.4, -0.2) is 13.4 Å². The lowest BCUT2D eigenvalue weighted by Gasteiger charge is -2.01. The first-order valence-corrected chi connectivity index (χ1v) is 4.08. The normalized spacial score (nSPS) is 10.4. The molecule has 0 radical (unpaired) electrons. The Bertz CT molecular complexity index is 380. The first kappa shape index (κ1) is 10.1. The third kappa shape index (κ3) is 2.24. The van der Waals surface area contributed by atoms with Crippen molar-refractivity contribution in [3.63, 3.8) is 0 Å². The second-order valence-electron chi connectivity index (χ2n) is 2.59. The maximum Gasteiger partial charge on any atom is 0.144 e. The second-order valence-corrected chi connectivity index (χ2v) is 2.59. The van der Waals surface area contributed by atoms with Gasteiger partial charge in [-0.25, -0.2) is 0 Å². The largest absolute Gasteiger partial charge is 0.497 e. The molecular formula is C12H10O2. The third-order valence-electron chi connectivity index (χ3n) is 1.79. The summed E-state index contributed by atoms with van der Waals surface area (Å²) in [4.78, 5) is 10.3. The van der Waals surface area contributed by atoms with Gasteiger partial charge in [-0.3, -0.25) is 4.79 Å². The van der Waals surface area contributed by atoms with E-state index in [4.69, 9.17) is 11.2 Å². The molecule has 0 saturated carbocycles. The second kappa shape index (κ2) is 4.88. The molecule has 1 aromatic carbocycles. The average molecular weight is 186 g/mol. The minimum absolute atomic E-state index is 0.572. The standard InChI is InChI=1S/C12H10O2/c1-3-10(8-9-13)11-4-6-12(14-2)7-5-11/h1,4-9H,2H3/b10-8-. The number of terminal acetylenes is 1. The highest BCUT2D eigenvalue weighted by atomic mass is 16.5. The van der Waals surface area contributed by atoms with Crippen LogP contribution < -0.4 is 4.74 Å². The molecule has 0 spiro atoms. The van der Waals surface area contributed by atoms with Gasteiger partial charge in [0.2, 0.25) is 0 Å². The highest BCUT2D eigenvalue weighted by Crippen LogP contribution is 2.17. The van der Waals surface area contributed by atoms with Crippen molar-refractivity contribution in [2.24, 2.45) is 0 Å². The number of rotatable bonds is 3. The van der Waals surface area contributed by atoms with Crippen LogP contribution in [0.2, 0.25) is 0 Å². The molecule has 0 aromatic heterocycles. The topological polar surface area (TPSA) is 26.3 Å². The smallest absolute Gasteiger partial charge is 0.144 e. The highest BCUT2D eigenvalue weighted by molar-refractivity contribution is 5.88. The van der Waals surface area contributed by atoms with E-state index in [0.717, 1.165) is 11.3 Å². The van der Waals surface area contributed by atoms with Crippen molar-refractivity contribution in [3.05, 3.63) is 35.9 Å². The lowest BCUT2D eigenvalue weighted by molar-refractivity contribution is -0.104. The fraction of sp³-hybridized carbons (Fsp3) is 0.0833. The Morgan fingerprint density at radius 3 is 2.50 bits per heavy atom. The molecule has 14 heavy (non-hydrogen) atoms. The summed E-state index contributed by atoms with van der Waals surface area (Å²) < 4.78 is 5.00. The molecule has 0 amide bonds. The zero-order valence-corrected chi connectivity index (χ0v) is 7.86.